The fourth-order valence-corrected chi connectivity index (χ4v) is 2.75. The van der Waals surface area contributed by atoms with Gasteiger partial charge in [-0.25, -0.2) is 0 Å². The second-order valence-corrected chi connectivity index (χ2v) is 5.77. The van der Waals surface area contributed by atoms with Gasteiger partial charge in [0.1, 0.15) is 24.4 Å². The van der Waals surface area contributed by atoms with E-state index in [0.717, 1.165) is 6.29 Å². The molecular formula is C12H18O6. The summed E-state index contributed by atoms with van der Waals surface area (Å²) in [5.41, 5.74) is 0. The van der Waals surface area contributed by atoms with E-state index in [-0.39, 0.29) is 12.2 Å². The number of ether oxygens (including phenoxy) is 5. The molecule has 3 saturated heterocycles. The number of rotatable bonds is 1. The average Bonchev–Trinajstić information content (AvgIpc) is 2.71. The van der Waals surface area contributed by atoms with E-state index in [1.54, 1.807) is 13.8 Å². The lowest BCUT2D eigenvalue weighted by molar-refractivity contribution is -0.226. The van der Waals surface area contributed by atoms with Gasteiger partial charge in [0, 0.05) is 0 Å². The van der Waals surface area contributed by atoms with Gasteiger partial charge in [0.25, 0.3) is 0 Å². The van der Waals surface area contributed by atoms with E-state index in [9.17, 15) is 4.79 Å². The first-order chi connectivity index (χ1) is 8.31. The molecule has 0 aromatic carbocycles. The maximum Gasteiger partial charge on any atom is 0.190 e. The van der Waals surface area contributed by atoms with Gasteiger partial charge in [0.15, 0.2) is 24.2 Å². The molecule has 102 valence electrons. The van der Waals surface area contributed by atoms with E-state index in [4.69, 9.17) is 23.7 Å². The van der Waals surface area contributed by atoms with Crippen molar-refractivity contribution >= 4 is 6.29 Å². The van der Waals surface area contributed by atoms with Gasteiger partial charge in [-0.15, -0.1) is 0 Å². The van der Waals surface area contributed by atoms with E-state index < -0.39 is 30.1 Å². The molecule has 3 fully saturated rings. The fraction of sp³-hybridized carbons (Fsp3) is 0.917. The lowest BCUT2D eigenvalue weighted by Gasteiger charge is -2.34. The molecule has 0 aromatic heterocycles. The summed E-state index contributed by atoms with van der Waals surface area (Å²) in [7, 11) is 0. The minimum atomic E-state index is -0.745. The van der Waals surface area contributed by atoms with Crippen LogP contribution in [0.5, 0.6) is 0 Å². The molecule has 0 spiro atoms. The first-order valence-corrected chi connectivity index (χ1v) is 6.13. The van der Waals surface area contributed by atoms with Crippen LogP contribution >= 0.6 is 0 Å². The Kier molecular flexibility index (Phi) is 2.60. The molecule has 0 amide bonds. The quantitative estimate of drug-likeness (QED) is 0.641. The Morgan fingerprint density at radius 3 is 2.06 bits per heavy atom. The van der Waals surface area contributed by atoms with Crippen molar-refractivity contribution < 1.29 is 28.5 Å². The minimum Gasteiger partial charge on any atom is -0.342 e. The van der Waals surface area contributed by atoms with Crippen molar-refractivity contribution in [3.63, 3.8) is 0 Å². The van der Waals surface area contributed by atoms with Crippen LogP contribution in [-0.4, -0.2) is 48.6 Å². The number of fused-ring (bicyclic) bond motifs is 3. The molecule has 3 heterocycles. The smallest absolute Gasteiger partial charge is 0.190 e. The summed E-state index contributed by atoms with van der Waals surface area (Å²) in [5.74, 6) is -1.49. The molecular weight excluding hydrogens is 240 g/mol. The van der Waals surface area contributed by atoms with Crippen LogP contribution in [0, 0.1) is 0 Å². The number of carbonyl (C=O) groups excluding carboxylic acids is 1. The maximum absolute atomic E-state index is 11.1. The highest BCUT2D eigenvalue weighted by Crippen LogP contribution is 2.43. The maximum atomic E-state index is 11.1. The summed E-state index contributed by atoms with van der Waals surface area (Å²) < 4.78 is 28.5. The lowest BCUT2D eigenvalue weighted by Crippen LogP contribution is -2.55. The van der Waals surface area contributed by atoms with E-state index in [2.05, 4.69) is 0 Å². The summed E-state index contributed by atoms with van der Waals surface area (Å²) in [6.07, 6.45) is -1.72. The SMILES string of the molecule is CC1(C)O[C@H]2O[C@H](C=O)[C@H]3OC(C)(C)O[C@@H]3[C@@H]2O1. The van der Waals surface area contributed by atoms with Gasteiger partial charge in [-0.05, 0) is 27.7 Å². The molecule has 0 unspecified atom stereocenters. The van der Waals surface area contributed by atoms with Crippen molar-refractivity contribution in [3.8, 4) is 0 Å². The molecule has 0 aromatic rings. The molecule has 3 rings (SSSR count). The predicted molar refractivity (Wildman–Crippen MR) is 58.6 cm³/mol. The largest absolute Gasteiger partial charge is 0.342 e. The molecule has 0 radical (unpaired) electrons. The monoisotopic (exact) mass is 258 g/mol. The standard InChI is InChI=1S/C12H18O6/c1-11(2)15-7-6(5-13)14-10-9(8(7)16-11)17-12(3,4)18-10/h5-10H,1-4H3/t6-,7-,8+,9+,10-/m1/s1. The number of aldehydes is 1. The highest BCUT2D eigenvalue weighted by molar-refractivity contribution is 5.58. The van der Waals surface area contributed by atoms with Gasteiger partial charge in [0.05, 0.1) is 0 Å². The molecule has 0 saturated carbocycles. The highest BCUT2D eigenvalue weighted by atomic mass is 16.9. The van der Waals surface area contributed by atoms with Crippen LogP contribution in [0.15, 0.2) is 0 Å². The van der Waals surface area contributed by atoms with Gasteiger partial charge in [-0.1, -0.05) is 0 Å². The summed E-state index contributed by atoms with van der Waals surface area (Å²) in [5, 5.41) is 0. The summed E-state index contributed by atoms with van der Waals surface area (Å²) in [6, 6.07) is 0. The minimum absolute atomic E-state index is 0.351. The second-order valence-electron chi connectivity index (χ2n) is 5.77. The molecule has 5 atom stereocenters. The molecule has 0 N–H and O–H groups in total. The summed E-state index contributed by atoms with van der Waals surface area (Å²) >= 11 is 0. The topological polar surface area (TPSA) is 63.2 Å². The van der Waals surface area contributed by atoms with Crippen molar-refractivity contribution in [2.24, 2.45) is 0 Å². The van der Waals surface area contributed by atoms with Gasteiger partial charge in [-0.3, -0.25) is 0 Å². The van der Waals surface area contributed by atoms with Crippen molar-refractivity contribution in [2.45, 2.75) is 70.0 Å². The molecule has 6 nitrogen and oxygen atoms in total. The molecule has 6 heteroatoms. The van der Waals surface area contributed by atoms with Gasteiger partial charge >= 0.3 is 0 Å². The van der Waals surface area contributed by atoms with Crippen molar-refractivity contribution in [1.82, 2.24) is 0 Å². The third-order valence-electron chi connectivity index (χ3n) is 3.32. The first kappa shape index (κ1) is 12.5. The summed E-state index contributed by atoms with van der Waals surface area (Å²) in [4.78, 5) is 11.1. The molecule has 3 aliphatic heterocycles. The van der Waals surface area contributed by atoms with Gasteiger partial charge < -0.3 is 28.5 Å². The van der Waals surface area contributed by atoms with E-state index in [1.165, 1.54) is 0 Å². The zero-order valence-corrected chi connectivity index (χ0v) is 10.9. The van der Waals surface area contributed by atoms with Crippen LogP contribution in [0.4, 0.5) is 0 Å². The van der Waals surface area contributed by atoms with E-state index >= 15 is 0 Å². The number of hydrogen-bond acceptors (Lipinski definition) is 6. The Balaban J connectivity index is 1.89. The van der Waals surface area contributed by atoms with Crippen molar-refractivity contribution in [1.29, 1.82) is 0 Å². The molecule has 0 bridgehead atoms. The number of carbonyl (C=O) groups is 1. The van der Waals surface area contributed by atoms with Crippen LogP contribution in [0.1, 0.15) is 27.7 Å². The van der Waals surface area contributed by atoms with Crippen LogP contribution in [0.2, 0.25) is 0 Å². The zero-order valence-electron chi connectivity index (χ0n) is 10.9. The van der Waals surface area contributed by atoms with Crippen LogP contribution in [-0.2, 0) is 28.5 Å². The zero-order chi connectivity index (χ0) is 13.1. The Morgan fingerprint density at radius 2 is 1.39 bits per heavy atom. The predicted octanol–water partition coefficient (Wildman–Crippen LogP) is 0.582. The van der Waals surface area contributed by atoms with Gasteiger partial charge in [0.2, 0.25) is 0 Å². The molecule has 3 aliphatic rings. The fourth-order valence-electron chi connectivity index (χ4n) is 2.75. The van der Waals surface area contributed by atoms with Crippen LogP contribution in [0.3, 0.4) is 0 Å². The Hall–Kier alpha value is -0.530. The normalized spacial score (nSPS) is 48.6. The average molecular weight is 258 g/mol. The van der Waals surface area contributed by atoms with E-state index in [0.29, 0.717) is 0 Å². The first-order valence-electron chi connectivity index (χ1n) is 6.13. The lowest BCUT2D eigenvalue weighted by atomic mass is 10.00. The van der Waals surface area contributed by atoms with Crippen molar-refractivity contribution in [2.75, 3.05) is 0 Å². The van der Waals surface area contributed by atoms with Crippen LogP contribution in [0.25, 0.3) is 0 Å². The number of hydrogen-bond donors (Lipinski definition) is 0. The van der Waals surface area contributed by atoms with Crippen LogP contribution < -0.4 is 0 Å². The molecule has 18 heavy (non-hydrogen) atoms. The van der Waals surface area contributed by atoms with Crippen molar-refractivity contribution in [3.05, 3.63) is 0 Å². The Bertz CT molecular complexity index is 366. The Labute approximate surface area is 105 Å². The third-order valence-corrected chi connectivity index (χ3v) is 3.32. The highest BCUT2D eigenvalue weighted by Gasteiger charge is 2.60. The third kappa shape index (κ3) is 1.88. The van der Waals surface area contributed by atoms with Gasteiger partial charge in [-0.2, -0.15) is 0 Å². The van der Waals surface area contributed by atoms with E-state index in [1.807, 2.05) is 13.8 Å². The second kappa shape index (κ2) is 3.74. The Morgan fingerprint density at radius 1 is 0.833 bits per heavy atom. The summed E-state index contributed by atoms with van der Waals surface area (Å²) in [6.45, 7) is 7.23. The molecule has 0 aliphatic carbocycles.